The van der Waals surface area contributed by atoms with E-state index in [-0.39, 0.29) is 24.1 Å². The molecule has 1 aliphatic rings. The SMILES string of the molecule is O=C(CN1CCN(C(=O)c2ccccc2)CC1)Nc1ccccc1C(=O)c1ccccc1. The molecule has 0 spiro atoms. The smallest absolute Gasteiger partial charge is 0.253 e. The number of carbonyl (C=O) groups excluding carboxylic acids is 3. The Labute approximate surface area is 187 Å². The number of nitrogens with one attached hydrogen (secondary N) is 1. The topological polar surface area (TPSA) is 69.7 Å². The summed E-state index contributed by atoms with van der Waals surface area (Å²) in [5.74, 6) is -0.293. The van der Waals surface area contributed by atoms with E-state index >= 15 is 0 Å². The van der Waals surface area contributed by atoms with Crippen molar-refractivity contribution in [2.24, 2.45) is 0 Å². The van der Waals surface area contributed by atoms with E-state index in [4.69, 9.17) is 0 Å². The summed E-state index contributed by atoms with van der Waals surface area (Å²) in [7, 11) is 0. The normalized spacial score (nSPS) is 14.1. The van der Waals surface area contributed by atoms with Crippen molar-refractivity contribution >= 4 is 23.3 Å². The fourth-order valence-electron chi connectivity index (χ4n) is 3.80. The third-order valence-electron chi connectivity index (χ3n) is 5.53. The summed E-state index contributed by atoms with van der Waals surface area (Å²) in [5.41, 5.74) is 2.22. The van der Waals surface area contributed by atoms with Crippen molar-refractivity contribution in [2.75, 3.05) is 38.0 Å². The number of ketones is 1. The minimum Gasteiger partial charge on any atom is -0.336 e. The highest BCUT2D eigenvalue weighted by Gasteiger charge is 2.23. The Balaban J connectivity index is 1.33. The molecule has 1 saturated heterocycles. The fraction of sp³-hybridized carbons (Fsp3) is 0.192. The minimum absolute atomic E-state index is 0.0167. The Morgan fingerprint density at radius 3 is 1.91 bits per heavy atom. The Kier molecular flexibility index (Phi) is 6.72. The number of carbonyl (C=O) groups is 3. The van der Waals surface area contributed by atoms with E-state index in [0.717, 1.165) is 0 Å². The van der Waals surface area contributed by atoms with Gasteiger partial charge in [0.05, 0.1) is 12.2 Å². The molecule has 0 saturated carbocycles. The van der Waals surface area contributed by atoms with Crippen LogP contribution in [-0.4, -0.2) is 60.1 Å². The average Bonchev–Trinajstić information content (AvgIpc) is 2.85. The summed E-state index contributed by atoms with van der Waals surface area (Å²) in [6, 6.07) is 25.3. The quantitative estimate of drug-likeness (QED) is 0.613. The lowest BCUT2D eigenvalue weighted by molar-refractivity contribution is -0.117. The molecule has 0 unspecified atom stereocenters. The zero-order valence-electron chi connectivity index (χ0n) is 17.7. The molecule has 1 fully saturated rings. The molecule has 1 heterocycles. The summed E-state index contributed by atoms with van der Waals surface area (Å²) in [4.78, 5) is 42.0. The van der Waals surface area contributed by atoms with Gasteiger partial charge in [0.1, 0.15) is 0 Å². The number of anilines is 1. The molecule has 2 amide bonds. The lowest BCUT2D eigenvalue weighted by Gasteiger charge is -2.34. The summed E-state index contributed by atoms with van der Waals surface area (Å²) in [6.07, 6.45) is 0. The van der Waals surface area contributed by atoms with Gasteiger partial charge in [-0.05, 0) is 24.3 Å². The van der Waals surface area contributed by atoms with Crippen molar-refractivity contribution in [2.45, 2.75) is 0 Å². The fourth-order valence-corrected chi connectivity index (χ4v) is 3.80. The first-order valence-corrected chi connectivity index (χ1v) is 10.7. The maximum Gasteiger partial charge on any atom is 0.253 e. The van der Waals surface area contributed by atoms with Crippen LogP contribution in [0.4, 0.5) is 5.69 Å². The second-order valence-corrected chi connectivity index (χ2v) is 7.72. The van der Waals surface area contributed by atoms with Crippen LogP contribution in [0.1, 0.15) is 26.3 Å². The summed E-state index contributed by atoms with van der Waals surface area (Å²) in [5, 5.41) is 2.89. The molecule has 1 N–H and O–H groups in total. The van der Waals surface area contributed by atoms with Gasteiger partial charge in [0.2, 0.25) is 5.91 Å². The van der Waals surface area contributed by atoms with Gasteiger partial charge in [-0.1, -0.05) is 60.7 Å². The van der Waals surface area contributed by atoms with Gasteiger partial charge in [-0.15, -0.1) is 0 Å². The molecule has 6 nitrogen and oxygen atoms in total. The molecule has 3 aromatic rings. The largest absolute Gasteiger partial charge is 0.336 e. The Morgan fingerprint density at radius 2 is 1.25 bits per heavy atom. The Hall–Kier alpha value is -3.77. The molecule has 4 rings (SSSR count). The van der Waals surface area contributed by atoms with Crippen LogP contribution in [-0.2, 0) is 4.79 Å². The highest BCUT2D eigenvalue weighted by atomic mass is 16.2. The predicted octanol–water partition coefficient (Wildman–Crippen LogP) is 3.31. The monoisotopic (exact) mass is 427 g/mol. The van der Waals surface area contributed by atoms with Crippen LogP contribution in [0.5, 0.6) is 0 Å². The van der Waals surface area contributed by atoms with Gasteiger partial charge in [0, 0.05) is 42.9 Å². The maximum absolute atomic E-state index is 12.9. The lowest BCUT2D eigenvalue weighted by Crippen LogP contribution is -2.50. The van der Waals surface area contributed by atoms with E-state index in [0.29, 0.717) is 48.6 Å². The van der Waals surface area contributed by atoms with E-state index in [2.05, 4.69) is 5.32 Å². The number of amides is 2. The van der Waals surface area contributed by atoms with Crippen molar-refractivity contribution in [3.05, 3.63) is 102 Å². The number of hydrogen-bond donors (Lipinski definition) is 1. The maximum atomic E-state index is 12.9. The second kappa shape index (κ2) is 10.0. The Morgan fingerprint density at radius 1 is 0.688 bits per heavy atom. The minimum atomic E-state index is -0.179. The first kappa shape index (κ1) is 21.5. The third kappa shape index (κ3) is 5.10. The third-order valence-corrected chi connectivity index (χ3v) is 5.53. The molecule has 0 bridgehead atoms. The van der Waals surface area contributed by atoms with Gasteiger partial charge in [0.25, 0.3) is 5.91 Å². The van der Waals surface area contributed by atoms with Crippen molar-refractivity contribution in [1.29, 1.82) is 0 Å². The lowest BCUT2D eigenvalue weighted by atomic mass is 10.0. The molecule has 32 heavy (non-hydrogen) atoms. The van der Waals surface area contributed by atoms with Crippen LogP contribution in [0.2, 0.25) is 0 Å². The van der Waals surface area contributed by atoms with Gasteiger partial charge < -0.3 is 10.2 Å². The summed E-state index contributed by atoms with van der Waals surface area (Å²) in [6.45, 7) is 2.60. The Bertz CT molecular complexity index is 1090. The van der Waals surface area contributed by atoms with E-state index in [1.807, 2.05) is 58.3 Å². The average molecular weight is 428 g/mol. The number of nitrogens with zero attached hydrogens (tertiary/aromatic N) is 2. The molecule has 0 aliphatic carbocycles. The van der Waals surface area contributed by atoms with Crippen molar-refractivity contribution in [3.63, 3.8) is 0 Å². The van der Waals surface area contributed by atoms with Crippen LogP contribution >= 0.6 is 0 Å². The van der Waals surface area contributed by atoms with E-state index in [9.17, 15) is 14.4 Å². The first-order valence-electron chi connectivity index (χ1n) is 10.7. The van der Waals surface area contributed by atoms with Crippen LogP contribution in [0.25, 0.3) is 0 Å². The molecule has 0 radical (unpaired) electrons. The highest BCUT2D eigenvalue weighted by molar-refractivity contribution is 6.13. The first-order chi connectivity index (χ1) is 15.6. The van der Waals surface area contributed by atoms with Gasteiger partial charge in [-0.25, -0.2) is 0 Å². The number of benzene rings is 3. The van der Waals surface area contributed by atoms with Crippen LogP contribution in [0.3, 0.4) is 0 Å². The van der Waals surface area contributed by atoms with Gasteiger partial charge in [0.15, 0.2) is 5.78 Å². The molecule has 6 heteroatoms. The van der Waals surface area contributed by atoms with E-state index in [1.54, 1.807) is 36.4 Å². The highest BCUT2D eigenvalue weighted by Crippen LogP contribution is 2.19. The molecular formula is C26H25N3O3. The second-order valence-electron chi connectivity index (χ2n) is 7.72. The number of piperazine rings is 1. The van der Waals surface area contributed by atoms with Gasteiger partial charge >= 0.3 is 0 Å². The molecule has 1 aliphatic heterocycles. The van der Waals surface area contributed by atoms with Gasteiger partial charge in [-0.2, -0.15) is 0 Å². The number of para-hydroxylation sites is 1. The standard InChI is InChI=1S/C26H25N3O3/c30-24(19-28-15-17-29(18-16-28)26(32)21-11-5-2-6-12-21)27-23-14-8-7-13-22(23)25(31)20-9-3-1-4-10-20/h1-14H,15-19H2,(H,27,30). The molecule has 0 atom stereocenters. The van der Waals surface area contributed by atoms with Crippen molar-refractivity contribution in [1.82, 2.24) is 9.80 Å². The van der Waals surface area contributed by atoms with Crippen LogP contribution < -0.4 is 5.32 Å². The summed E-state index contributed by atoms with van der Waals surface area (Å²) < 4.78 is 0. The molecule has 0 aromatic heterocycles. The summed E-state index contributed by atoms with van der Waals surface area (Å²) >= 11 is 0. The van der Waals surface area contributed by atoms with E-state index < -0.39 is 0 Å². The predicted molar refractivity (Wildman–Crippen MR) is 124 cm³/mol. The number of rotatable bonds is 6. The van der Waals surface area contributed by atoms with Crippen molar-refractivity contribution in [3.8, 4) is 0 Å². The van der Waals surface area contributed by atoms with Crippen LogP contribution in [0, 0.1) is 0 Å². The van der Waals surface area contributed by atoms with Gasteiger partial charge in [-0.3, -0.25) is 19.3 Å². The van der Waals surface area contributed by atoms with Crippen molar-refractivity contribution < 1.29 is 14.4 Å². The molecule has 3 aromatic carbocycles. The van der Waals surface area contributed by atoms with Crippen LogP contribution in [0.15, 0.2) is 84.9 Å². The number of hydrogen-bond acceptors (Lipinski definition) is 4. The molecule has 162 valence electrons. The zero-order valence-corrected chi connectivity index (χ0v) is 17.7. The zero-order chi connectivity index (χ0) is 22.3. The van der Waals surface area contributed by atoms with E-state index in [1.165, 1.54) is 0 Å². The molecular weight excluding hydrogens is 402 g/mol.